The van der Waals surface area contributed by atoms with Gasteiger partial charge in [-0.3, -0.25) is 4.90 Å². The monoisotopic (exact) mass is 252 g/mol. The standard InChI is InChI=1S/C15H28N2O/c1-5-8-17(12-15(3,4)11-16)13(2)10-14-7-6-9-18-14/h6-7,9,13H,5,8,10-12,16H2,1-4H3. The maximum absolute atomic E-state index is 5.84. The summed E-state index contributed by atoms with van der Waals surface area (Å²) >= 11 is 0. The van der Waals surface area contributed by atoms with Gasteiger partial charge in [0.2, 0.25) is 0 Å². The van der Waals surface area contributed by atoms with Crippen molar-refractivity contribution in [3.8, 4) is 0 Å². The van der Waals surface area contributed by atoms with Crippen LogP contribution in [0.4, 0.5) is 0 Å². The van der Waals surface area contributed by atoms with E-state index in [-0.39, 0.29) is 5.41 Å². The molecule has 3 nitrogen and oxygen atoms in total. The van der Waals surface area contributed by atoms with E-state index in [0.717, 1.165) is 31.8 Å². The van der Waals surface area contributed by atoms with Crippen molar-refractivity contribution in [1.29, 1.82) is 0 Å². The Labute approximate surface area is 111 Å². The minimum atomic E-state index is 0.173. The lowest BCUT2D eigenvalue weighted by Gasteiger charge is -2.35. The first kappa shape index (κ1) is 15.3. The summed E-state index contributed by atoms with van der Waals surface area (Å²) in [4.78, 5) is 2.52. The van der Waals surface area contributed by atoms with Crippen molar-refractivity contribution in [2.75, 3.05) is 19.6 Å². The third-order valence-corrected chi connectivity index (χ3v) is 3.39. The highest BCUT2D eigenvalue weighted by atomic mass is 16.3. The van der Waals surface area contributed by atoms with Crippen LogP contribution in [-0.4, -0.2) is 30.6 Å². The van der Waals surface area contributed by atoms with Crippen LogP contribution in [0.5, 0.6) is 0 Å². The van der Waals surface area contributed by atoms with Gasteiger partial charge in [-0.05, 0) is 44.0 Å². The third-order valence-electron chi connectivity index (χ3n) is 3.39. The zero-order valence-corrected chi connectivity index (χ0v) is 12.3. The Bertz CT molecular complexity index is 319. The van der Waals surface area contributed by atoms with Gasteiger partial charge in [0.05, 0.1) is 6.26 Å². The lowest BCUT2D eigenvalue weighted by atomic mass is 9.92. The van der Waals surface area contributed by atoms with E-state index in [2.05, 4.69) is 38.7 Å². The van der Waals surface area contributed by atoms with Crippen molar-refractivity contribution in [1.82, 2.24) is 4.90 Å². The number of rotatable bonds is 8. The highest BCUT2D eigenvalue weighted by molar-refractivity contribution is 5.00. The van der Waals surface area contributed by atoms with E-state index >= 15 is 0 Å². The lowest BCUT2D eigenvalue weighted by Crippen LogP contribution is -2.44. The zero-order valence-electron chi connectivity index (χ0n) is 12.3. The second kappa shape index (κ2) is 6.95. The van der Waals surface area contributed by atoms with Crippen LogP contribution >= 0.6 is 0 Å². The summed E-state index contributed by atoms with van der Waals surface area (Å²) in [7, 11) is 0. The molecule has 18 heavy (non-hydrogen) atoms. The summed E-state index contributed by atoms with van der Waals surface area (Å²) in [5, 5.41) is 0. The molecular weight excluding hydrogens is 224 g/mol. The van der Waals surface area contributed by atoms with Gasteiger partial charge in [0.1, 0.15) is 5.76 Å². The Balaban J connectivity index is 2.60. The fourth-order valence-corrected chi connectivity index (χ4v) is 2.21. The van der Waals surface area contributed by atoms with Crippen molar-refractivity contribution < 1.29 is 4.42 Å². The molecule has 1 heterocycles. The predicted molar refractivity (Wildman–Crippen MR) is 76.6 cm³/mol. The summed E-state index contributed by atoms with van der Waals surface area (Å²) in [5.41, 5.74) is 6.01. The molecule has 0 saturated heterocycles. The summed E-state index contributed by atoms with van der Waals surface area (Å²) in [6.07, 6.45) is 3.88. The maximum atomic E-state index is 5.84. The van der Waals surface area contributed by atoms with Gasteiger partial charge in [-0.1, -0.05) is 20.8 Å². The van der Waals surface area contributed by atoms with E-state index in [1.165, 1.54) is 6.42 Å². The quantitative estimate of drug-likeness (QED) is 0.773. The van der Waals surface area contributed by atoms with Crippen LogP contribution in [0.2, 0.25) is 0 Å². The number of nitrogens with zero attached hydrogens (tertiary/aromatic N) is 1. The second-order valence-corrected chi connectivity index (χ2v) is 5.97. The molecule has 0 saturated carbocycles. The molecule has 3 heteroatoms. The molecule has 2 N–H and O–H groups in total. The van der Waals surface area contributed by atoms with E-state index in [4.69, 9.17) is 10.2 Å². The molecule has 1 atom stereocenters. The third kappa shape index (κ3) is 4.83. The smallest absolute Gasteiger partial charge is 0.105 e. The van der Waals surface area contributed by atoms with E-state index in [1.807, 2.05) is 6.07 Å². The molecule has 1 aromatic rings. The predicted octanol–water partition coefficient (Wildman–Crippen LogP) is 2.91. The fourth-order valence-electron chi connectivity index (χ4n) is 2.21. The van der Waals surface area contributed by atoms with Gasteiger partial charge >= 0.3 is 0 Å². The molecule has 0 spiro atoms. The van der Waals surface area contributed by atoms with E-state index in [1.54, 1.807) is 6.26 Å². The van der Waals surface area contributed by atoms with Gasteiger partial charge in [-0.25, -0.2) is 0 Å². The van der Waals surface area contributed by atoms with Crippen LogP contribution < -0.4 is 5.73 Å². The van der Waals surface area contributed by atoms with Gasteiger partial charge in [0, 0.05) is 19.0 Å². The topological polar surface area (TPSA) is 42.4 Å². The van der Waals surface area contributed by atoms with Crippen LogP contribution in [0.3, 0.4) is 0 Å². The van der Waals surface area contributed by atoms with Gasteiger partial charge in [0.25, 0.3) is 0 Å². The molecule has 0 bridgehead atoms. The van der Waals surface area contributed by atoms with Crippen LogP contribution in [0.15, 0.2) is 22.8 Å². The minimum absolute atomic E-state index is 0.173. The molecule has 0 aliphatic rings. The molecule has 0 aliphatic heterocycles. The largest absolute Gasteiger partial charge is 0.469 e. The Morgan fingerprint density at radius 2 is 2.17 bits per heavy atom. The zero-order chi connectivity index (χ0) is 13.6. The molecular formula is C15H28N2O. The average molecular weight is 252 g/mol. The molecule has 1 unspecified atom stereocenters. The number of hydrogen-bond acceptors (Lipinski definition) is 3. The van der Waals surface area contributed by atoms with E-state index < -0.39 is 0 Å². The molecule has 0 aliphatic carbocycles. The Hall–Kier alpha value is -0.800. The van der Waals surface area contributed by atoms with Crippen molar-refractivity contribution in [3.63, 3.8) is 0 Å². The van der Waals surface area contributed by atoms with Crippen molar-refractivity contribution >= 4 is 0 Å². The molecule has 0 fully saturated rings. The van der Waals surface area contributed by atoms with Crippen molar-refractivity contribution in [2.45, 2.75) is 46.6 Å². The minimum Gasteiger partial charge on any atom is -0.469 e. The summed E-state index contributed by atoms with van der Waals surface area (Å²) in [6, 6.07) is 4.49. The maximum Gasteiger partial charge on any atom is 0.105 e. The summed E-state index contributed by atoms with van der Waals surface area (Å²) in [5.74, 6) is 1.06. The second-order valence-electron chi connectivity index (χ2n) is 5.97. The molecule has 0 amide bonds. The fraction of sp³-hybridized carbons (Fsp3) is 0.733. The summed E-state index contributed by atoms with van der Waals surface area (Å²) in [6.45, 7) is 11.8. The Kier molecular flexibility index (Phi) is 5.89. The molecule has 0 aromatic carbocycles. The van der Waals surface area contributed by atoms with Gasteiger partial charge < -0.3 is 10.2 Å². The van der Waals surface area contributed by atoms with Gasteiger partial charge in [-0.2, -0.15) is 0 Å². The normalized spacial score (nSPS) is 14.1. The average Bonchev–Trinajstić information content (AvgIpc) is 2.81. The van der Waals surface area contributed by atoms with Crippen molar-refractivity contribution in [3.05, 3.63) is 24.2 Å². The first-order valence-corrected chi connectivity index (χ1v) is 6.95. The first-order valence-electron chi connectivity index (χ1n) is 6.95. The molecule has 0 radical (unpaired) electrons. The highest BCUT2D eigenvalue weighted by Gasteiger charge is 2.23. The molecule has 104 valence electrons. The molecule has 1 aromatic heterocycles. The summed E-state index contributed by atoms with van der Waals surface area (Å²) < 4.78 is 5.44. The van der Waals surface area contributed by atoms with Crippen LogP contribution in [-0.2, 0) is 6.42 Å². The number of furan rings is 1. The van der Waals surface area contributed by atoms with E-state index in [9.17, 15) is 0 Å². The SMILES string of the molecule is CCCN(CC(C)(C)CN)C(C)Cc1ccco1. The van der Waals surface area contributed by atoms with Crippen LogP contribution in [0.1, 0.15) is 39.9 Å². The Morgan fingerprint density at radius 3 is 2.67 bits per heavy atom. The van der Waals surface area contributed by atoms with Crippen LogP contribution in [0.25, 0.3) is 0 Å². The molecule has 1 rings (SSSR count). The van der Waals surface area contributed by atoms with Gasteiger partial charge in [0.15, 0.2) is 0 Å². The Morgan fingerprint density at radius 1 is 1.44 bits per heavy atom. The number of nitrogens with two attached hydrogens (primary N) is 1. The van der Waals surface area contributed by atoms with E-state index in [0.29, 0.717) is 6.04 Å². The van der Waals surface area contributed by atoms with Crippen LogP contribution in [0, 0.1) is 5.41 Å². The first-order chi connectivity index (χ1) is 8.48. The highest BCUT2D eigenvalue weighted by Crippen LogP contribution is 2.19. The van der Waals surface area contributed by atoms with Gasteiger partial charge in [-0.15, -0.1) is 0 Å². The van der Waals surface area contributed by atoms with Crippen molar-refractivity contribution in [2.24, 2.45) is 11.1 Å². The lowest BCUT2D eigenvalue weighted by molar-refractivity contribution is 0.136. The number of hydrogen-bond donors (Lipinski definition) is 1.